The standard InChI is InChI=1S/C31H52N4O6/c1-20(2)23(18-32-19-24(36)40-12)34(10)28(38)25(21(3)4)33-27(37)26(35(11)29(39)41-30(5,6)7)31(8,9)22-16-14-13-15-17-22/h13-17,20-21,23,25-26,32H,18-19H2,1-12H3,(H,33,37)/t23-,25+,26-/m1/s1. The minimum atomic E-state index is -0.985. The number of hydrogen-bond donors (Lipinski definition) is 2. The van der Waals surface area contributed by atoms with Crippen molar-refractivity contribution >= 4 is 23.9 Å². The molecule has 0 aliphatic heterocycles. The van der Waals surface area contributed by atoms with Crippen LogP contribution in [0.15, 0.2) is 30.3 Å². The van der Waals surface area contributed by atoms with E-state index in [4.69, 9.17) is 9.47 Å². The monoisotopic (exact) mass is 576 g/mol. The summed E-state index contributed by atoms with van der Waals surface area (Å²) >= 11 is 0. The maximum atomic E-state index is 14.1. The van der Waals surface area contributed by atoms with Gasteiger partial charge in [-0.3, -0.25) is 19.3 Å². The lowest BCUT2D eigenvalue weighted by Crippen LogP contribution is -2.62. The molecule has 0 bridgehead atoms. The van der Waals surface area contributed by atoms with Crippen molar-refractivity contribution in [3.8, 4) is 0 Å². The van der Waals surface area contributed by atoms with E-state index < -0.39 is 41.1 Å². The van der Waals surface area contributed by atoms with Gasteiger partial charge < -0.3 is 25.0 Å². The number of nitrogens with zero attached hydrogens (tertiary/aromatic N) is 2. The Morgan fingerprint density at radius 1 is 0.878 bits per heavy atom. The van der Waals surface area contributed by atoms with Crippen LogP contribution < -0.4 is 10.6 Å². The second kappa shape index (κ2) is 15.2. The first-order valence-corrected chi connectivity index (χ1v) is 14.2. The zero-order chi connectivity index (χ0) is 31.7. The summed E-state index contributed by atoms with van der Waals surface area (Å²) in [6.45, 7) is 17.2. The molecule has 10 heteroatoms. The highest BCUT2D eigenvalue weighted by atomic mass is 16.6. The fraction of sp³-hybridized carbons (Fsp3) is 0.677. The number of carbonyl (C=O) groups is 4. The summed E-state index contributed by atoms with van der Waals surface area (Å²) in [6, 6.07) is 7.40. The minimum Gasteiger partial charge on any atom is -0.468 e. The number of benzene rings is 1. The summed E-state index contributed by atoms with van der Waals surface area (Å²) < 4.78 is 10.3. The average Bonchev–Trinajstić information content (AvgIpc) is 2.87. The molecule has 1 aromatic carbocycles. The van der Waals surface area contributed by atoms with Crippen molar-refractivity contribution in [1.82, 2.24) is 20.4 Å². The number of esters is 1. The summed E-state index contributed by atoms with van der Waals surface area (Å²) in [5.74, 6) is -1.28. The Labute approximate surface area is 246 Å². The molecule has 0 radical (unpaired) electrons. The predicted octanol–water partition coefficient (Wildman–Crippen LogP) is 3.59. The van der Waals surface area contributed by atoms with Gasteiger partial charge in [-0.2, -0.15) is 0 Å². The van der Waals surface area contributed by atoms with Crippen LogP contribution in [-0.4, -0.2) is 91.7 Å². The van der Waals surface area contributed by atoms with Gasteiger partial charge in [-0.1, -0.05) is 71.9 Å². The van der Waals surface area contributed by atoms with Crippen LogP contribution in [0.25, 0.3) is 0 Å². The zero-order valence-corrected chi connectivity index (χ0v) is 27.0. The second-order valence-electron chi connectivity index (χ2n) is 12.8. The molecule has 0 spiro atoms. The maximum absolute atomic E-state index is 14.1. The van der Waals surface area contributed by atoms with Gasteiger partial charge in [0.1, 0.15) is 17.7 Å². The van der Waals surface area contributed by atoms with E-state index in [9.17, 15) is 19.2 Å². The minimum absolute atomic E-state index is 0.0271. The Kier molecular flexibility index (Phi) is 13.3. The number of ether oxygens (including phenoxy) is 2. The van der Waals surface area contributed by atoms with E-state index in [-0.39, 0.29) is 30.3 Å². The molecule has 10 nitrogen and oxygen atoms in total. The molecule has 2 N–H and O–H groups in total. The Balaban J connectivity index is 3.36. The van der Waals surface area contributed by atoms with E-state index >= 15 is 0 Å². The van der Waals surface area contributed by atoms with Crippen LogP contribution in [0.1, 0.15) is 67.9 Å². The highest BCUT2D eigenvalue weighted by Crippen LogP contribution is 2.31. The number of carbonyl (C=O) groups excluding carboxylic acids is 4. The summed E-state index contributed by atoms with van der Waals surface area (Å²) in [6.07, 6.45) is -0.636. The lowest BCUT2D eigenvalue weighted by Gasteiger charge is -2.41. The van der Waals surface area contributed by atoms with Crippen molar-refractivity contribution in [3.63, 3.8) is 0 Å². The van der Waals surface area contributed by atoms with E-state index in [1.807, 2.05) is 71.9 Å². The Morgan fingerprint density at radius 3 is 1.90 bits per heavy atom. The average molecular weight is 577 g/mol. The highest BCUT2D eigenvalue weighted by molar-refractivity contribution is 5.92. The van der Waals surface area contributed by atoms with E-state index in [0.29, 0.717) is 6.54 Å². The second-order valence-corrected chi connectivity index (χ2v) is 12.8. The molecule has 0 aliphatic carbocycles. The molecule has 0 saturated heterocycles. The van der Waals surface area contributed by atoms with Gasteiger partial charge in [0.25, 0.3) is 0 Å². The van der Waals surface area contributed by atoms with Crippen LogP contribution >= 0.6 is 0 Å². The van der Waals surface area contributed by atoms with Gasteiger partial charge in [-0.25, -0.2) is 4.79 Å². The summed E-state index contributed by atoms with van der Waals surface area (Å²) in [5, 5.41) is 6.03. The van der Waals surface area contributed by atoms with E-state index in [1.54, 1.807) is 39.8 Å². The molecular formula is C31H52N4O6. The molecule has 1 rings (SSSR count). The predicted molar refractivity (Wildman–Crippen MR) is 160 cm³/mol. The van der Waals surface area contributed by atoms with Crippen molar-refractivity contribution in [1.29, 1.82) is 0 Å². The largest absolute Gasteiger partial charge is 0.468 e. The quantitative estimate of drug-likeness (QED) is 0.345. The number of rotatable bonds is 13. The van der Waals surface area contributed by atoms with Crippen molar-refractivity contribution in [3.05, 3.63) is 35.9 Å². The molecule has 0 unspecified atom stereocenters. The first kappa shape index (κ1) is 35.9. The van der Waals surface area contributed by atoms with Gasteiger partial charge in [0.15, 0.2) is 0 Å². The first-order chi connectivity index (χ1) is 18.8. The van der Waals surface area contributed by atoms with Gasteiger partial charge in [0.05, 0.1) is 13.7 Å². The van der Waals surface area contributed by atoms with Crippen LogP contribution in [0.3, 0.4) is 0 Å². The third-order valence-corrected chi connectivity index (χ3v) is 7.21. The van der Waals surface area contributed by atoms with Gasteiger partial charge in [-0.05, 0) is 38.2 Å². The molecule has 232 valence electrons. The third kappa shape index (κ3) is 10.3. The van der Waals surface area contributed by atoms with Crippen LogP contribution in [0.4, 0.5) is 4.79 Å². The third-order valence-electron chi connectivity index (χ3n) is 7.21. The first-order valence-electron chi connectivity index (χ1n) is 14.2. The fourth-order valence-corrected chi connectivity index (χ4v) is 4.80. The van der Waals surface area contributed by atoms with E-state index in [0.717, 1.165) is 5.56 Å². The number of hydrogen-bond acceptors (Lipinski definition) is 7. The smallest absolute Gasteiger partial charge is 0.410 e. The van der Waals surface area contributed by atoms with Crippen LogP contribution in [0.2, 0.25) is 0 Å². The van der Waals surface area contributed by atoms with Crippen molar-refractivity contribution in [2.45, 2.75) is 91.5 Å². The number of nitrogens with one attached hydrogen (secondary N) is 2. The van der Waals surface area contributed by atoms with Crippen molar-refractivity contribution in [2.75, 3.05) is 34.3 Å². The summed E-state index contributed by atoms with van der Waals surface area (Å²) in [7, 11) is 4.57. The van der Waals surface area contributed by atoms with Crippen LogP contribution in [0.5, 0.6) is 0 Å². The summed E-state index contributed by atoms with van der Waals surface area (Å²) in [5.41, 5.74) is -0.723. The zero-order valence-electron chi connectivity index (χ0n) is 27.0. The number of likely N-dealkylation sites (N-methyl/N-ethyl adjacent to an activating group) is 2. The topological polar surface area (TPSA) is 117 Å². The molecule has 0 saturated carbocycles. The van der Waals surface area contributed by atoms with Crippen molar-refractivity contribution < 1.29 is 28.7 Å². The molecule has 0 heterocycles. The van der Waals surface area contributed by atoms with Crippen molar-refractivity contribution in [2.24, 2.45) is 11.8 Å². The maximum Gasteiger partial charge on any atom is 0.410 e. The van der Waals surface area contributed by atoms with Gasteiger partial charge in [0, 0.05) is 32.1 Å². The lowest BCUT2D eigenvalue weighted by molar-refractivity contribution is -0.141. The Morgan fingerprint density at radius 2 is 1.44 bits per heavy atom. The highest BCUT2D eigenvalue weighted by Gasteiger charge is 2.44. The normalized spacial score (nSPS) is 14.2. The van der Waals surface area contributed by atoms with Crippen LogP contribution in [-0.2, 0) is 29.3 Å². The van der Waals surface area contributed by atoms with Crippen LogP contribution in [0, 0.1) is 11.8 Å². The van der Waals surface area contributed by atoms with Gasteiger partial charge in [0.2, 0.25) is 11.8 Å². The molecule has 41 heavy (non-hydrogen) atoms. The number of amides is 3. The molecule has 1 aromatic rings. The molecule has 3 amide bonds. The lowest BCUT2D eigenvalue weighted by atomic mass is 9.76. The number of methoxy groups -OCH3 is 1. The molecule has 3 atom stereocenters. The Bertz CT molecular complexity index is 1020. The van der Waals surface area contributed by atoms with E-state index in [2.05, 4.69) is 10.6 Å². The fourth-order valence-electron chi connectivity index (χ4n) is 4.80. The molecule has 0 aromatic heterocycles. The molecular weight excluding hydrogens is 524 g/mol. The Hall–Kier alpha value is -3.14. The van der Waals surface area contributed by atoms with E-state index in [1.165, 1.54) is 12.0 Å². The summed E-state index contributed by atoms with van der Waals surface area (Å²) in [4.78, 5) is 55.6. The molecule has 0 fully saturated rings. The molecule has 0 aliphatic rings. The van der Waals surface area contributed by atoms with Gasteiger partial charge in [-0.15, -0.1) is 0 Å². The van der Waals surface area contributed by atoms with Gasteiger partial charge >= 0.3 is 12.1 Å². The SMILES string of the molecule is COC(=O)CNC[C@H](C(C)C)N(C)C(=O)[C@@H](NC(=O)[C@@H](N(C)C(=O)OC(C)(C)C)C(C)(C)c1ccccc1)C(C)C.